The Morgan fingerprint density at radius 3 is 2.69 bits per heavy atom. The van der Waals surface area contributed by atoms with Crippen LogP contribution in [0.2, 0.25) is 5.02 Å². The Morgan fingerprint density at radius 1 is 1.50 bits per heavy atom. The molecule has 0 saturated carbocycles. The number of hydrogen-bond donors (Lipinski definition) is 4. The minimum absolute atomic E-state index is 0.0588. The topological polar surface area (TPSA) is 93.4 Å². The number of nitrogens with one attached hydrogen (secondary N) is 2. The Labute approximate surface area is 101 Å². The highest BCUT2D eigenvalue weighted by atomic mass is 35.5. The van der Waals surface area contributed by atoms with Gasteiger partial charge in [0.05, 0.1) is 5.02 Å². The van der Waals surface area contributed by atoms with Gasteiger partial charge in [-0.1, -0.05) is 23.5 Å². The third-order valence-electron chi connectivity index (χ3n) is 1.79. The van der Waals surface area contributed by atoms with Crippen molar-refractivity contribution in [2.45, 2.75) is 0 Å². The number of rotatable bonds is 3. The zero-order valence-electron chi connectivity index (χ0n) is 8.24. The number of aromatic hydroxyl groups is 2. The summed E-state index contributed by atoms with van der Waals surface area (Å²) < 4.78 is 2.36. The van der Waals surface area contributed by atoms with Crippen molar-refractivity contribution in [3.8, 4) is 11.5 Å². The molecular weight excluding hydrogens is 252 g/mol. The van der Waals surface area contributed by atoms with Gasteiger partial charge in [0.25, 0.3) is 5.91 Å². The molecule has 0 aliphatic carbocycles. The van der Waals surface area contributed by atoms with Crippen LogP contribution in [0.15, 0.2) is 12.1 Å². The molecule has 1 amide bonds. The zero-order valence-corrected chi connectivity index (χ0v) is 9.82. The van der Waals surface area contributed by atoms with Gasteiger partial charge in [0.15, 0.2) is 11.5 Å². The lowest BCUT2D eigenvalue weighted by atomic mass is 10.1. The molecule has 0 aliphatic rings. The van der Waals surface area contributed by atoms with E-state index in [-0.39, 0.29) is 16.3 Å². The monoisotopic (exact) mass is 260 g/mol. The van der Waals surface area contributed by atoms with Gasteiger partial charge in [-0.25, -0.2) is 0 Å². The molecule has 0 aromatic heterocycles. The Balaban J connectivity index is 3.10. The van der Waals surface area contributed by atoms with E-state index in [9.17, 15) is 9.90 Å². The Morgan fingerprint density at radius 2 is 2.12 bits per heavy atom. The molecule has 0 heterocycles. The van der Waals surface area contributed by atoms with Crippen LogP contribution >= 0.6 is 23.5 Å². The first-order valence-electron chi connectivity index (χ1n) is 4.11. The van der Waals surface area contributed by atoms with Gasteiger partial charge in [-0.2, -0.15) is 0 Å². The lowest BCUT2D eigenvalue weighted by Gasteiger charge is -2.08. The highest BCUT2D eigenvalue weighted by Gasteiger charge is 2.18. The van der Waals surface area contributed by atoms with Crippen molar-refractivity contribution in [3.05, 3.63) is 22.7 Å². The molecule has 5 nitrogen and oxygen atoms in total. The van der Waals surface area contributed by atoms with Crippen LogP contribution in [0.1, 0.15) is 5.56 Å². The number of benzene rings is 1. The summed E-state index contributed by atoms with van der Waals surface area (Å²) in [5.74, 6) is -1.56. The minimum atomic E-state index is -0.625. The molecule has 0 aliphatic heterocycles. The number of phenolic OH excluding ortho intramolecular Hbond substituents is 2. The van der Waals surface area contributed by atoms with E-state index in [1.165, 1.54) is 6.07 Å². The van der Waals surface area contributed by atoms with Crippen molar-refractivity contribution in [2.24, 2.45) is 0 Å². The second-order valence-electron chi connectivity index (χ2n) is 2.81. The van der Waals surface area contributed by atoms with E-state index in [0.29, 0.717) is 0 Å². The molecule has 1 rings (SSSR count). The molecule has 0 bridgehead atoms. The summed E-state index contributed by atoms with van der Waals surface area (Å²) >= 11 is 6.75. The highest BCUT2D eigenvalue weighted by Crippen LogP contribution is 2.35. The van der Waals surface area contributed by atoms with Crippen LogP contribution in [-0.4, -0.2) is 28.1 Å². The first-order chi connectivity index (χ1) is 7.49. The van der Waals surface area contributed by atoms with E-state index in [4.69, 9.17) is 22.1 Å². The predicted molar refractivity (Wildman–Crippen MR) is 63.3 cm³/mol. The molecule has 7 heteroatoms. The second kappa shape index (κ2) is 5.09. The van der Waals surface area contributed by atoms with Gasteiger partial charge < -0.3 is 10.2 Å². The van der Waals surface area contributed by atoms with Gasteiger partial charge in [0, 0.05) is 11.8 Å². The summed E-state index contributed by atoms with van der Waals surface area (Å²) in [6.45, 7) is 0. The Bertz CT molecular complexity index is 451. The summed E-state index contributed by atoms with van der Waals surface area (Å²) in [7, 11) is 0. The zero-order chi connectivity index (χ0) is 12.3. The van der Waals surface area contributed by atoms with Crippen LogP contribution in [0.25, 0.3) is 0 Å². The summed E-state index contributed by atoms with van der Waals surface area (Å²) in [5.41, 5.74) is -0.321. The molecular formula is C9H9ClN2O3S. The van der Waals surface area contributed by atoms with Gasteiger partial charge in [0.1, 0.15) is 5.71 Å². The molecule has 0 saturated heterocycles. The Hall–Kier alpha value is -1.40. The maximum Gasteiger partial charge on any atom is 0.279 e. The third-order valence-corrected chi connectivity index (χ3v) is 2.56. The van der Waals surface area contributed by atoms with Gasteiger partial charge in [-0.3, -0.25) is 14.9 Å². The average molecular weight is 261 g/mol. The number of carbonyl (C=O) groups is 1. The van der Waals surface area contributed by atoms with E-state index in [1.807, 2.05) is 0 Å². The Kier molecular flexibility index (Phi) is 4.03. The number of phenols is 2. The third kappa shape index (κ3) is 2.40. The van der Waals surface area contributed by atoms with Crippen molar-refractivity contribution in [2.75, 3.05) is 6.26 Å². The molecule has 0 spiro atoms. The van der Waals surface area contributed by atoms with Crippen LogP contribution in [0.3, 0.4) is 0 Å². The lowest BCUT2D eigenvalue weighted by Crippen LogP contribution is -2.25. The average Bonchev–Trinajstić information content (AvgIpc) is 2.26. The van der Waals surface area contributed by atoms with E-state index < -0.39 is 17.4 Å². The van der Waals surface area contributed by atoms with Gasteiger partial charge in [-0.15, -0.1) is 0 Å². The fourth-order valence-electron chi connectivity index (χ4n) is 1.01. The van der Waals surface area contributed by atoms with Gasteiger partial charge in [-0.05, 0) is 12.1 Å². The van der Waals surface area contributed by atoms with E-state index in [2.05, 4.69) is 4.72 Å². The smallest absolute Gasteiger partial charge is 0.279 e. The van der Waals surface area contributed by atoms with E-state index in [1.54, 1.807) is 6.26 Å². The lowest BCUT2D eigenvalue weighted by molar-refractivity contribution is -0.113. The van der Waals surface area contributed by atoms with Crippen LogP contribution in [-0.2, 0) is 4.79 Å². The maximum atomic E-state index is 11.3. The molecule has 0 atom stereocenters. The normalized spacial score (nSPS) is 9.88. The molecule has 0 unspecified atom stereocenters. The first-order valence-corrected chi connectivity index (χ1v) is 5.72. The number of halogens is 1. The number of carbonyl (C=O) groups excluding carboxylic acids is 1. The first kappa shape index (κ1) is 12.7. The highest BCUT2D eigenvalue weighted by molar-refractivity contribution is 7.97. The largest absolute Gasteiger partial charge is 0.504 e. The maximum absolute atomic E-state index is 11.3. The molecule has 1 aromatic rings. The van der Waals surface area contributed by atoms with Crippen molar-refractivity contribution in [1.29, 1.82) is 5.41 Å². The molecule has 4 N–H and O–H groups in total. The number of hydrogen-bond acceptors (Lipinski definition) is 5. The summed E-state index contributed by atoms with van der Waals surface area (Å²) in [5, 5.41) is 25.8. The van der Waals surface area contributed by atoms with Crippen molar-refractivity contribution < 1.29 is 15.0 Å². The molecule has 1 aromatic carbocycles. The number of amides is 1. The summed E-state index contributed by atoms with van der Waals surface area (Å²) in [6.07, 6.45) is 1.64. The van der Waals surface area contributed by atoms with Gasteiger partial charge in [0.2, 0.25) is 0 Å². The fraction of sp³-hybridized carbons (Fsp3) is 0.111. The fourth-order valence-corrected chi connectivity index (χ4v) is 1.56. The SMILES string of the molecule is CSNC(=O)C(=N)c1ccc(O)c(O)c1Cl. The molecule has 0 radical (unpaired) electrons. The van der Waals surface area contributed by atoms with E-state index >= 15 is 0 Å². The summed E-state index contributed by atoms with van der Waals surface area (Å²) in [4.78, 5) is 11.3. The quantitative estimate of drug-likeness (QED) is 0.377. The summed E-state index contributed by atoms with van der Waals surface area (Å²) in [6, 6.07) is 2.46. The molecule has 16 heavy (non-hydrogen) atoms. The van der Waals surface area contributed by atoms with Crippen molar-refractivity contribution in [3.63, 3.8) is 0 Å². The minimum Gasteiger partial charge on any atom is -0.504 e. The van der Waals surface area contributed by atoms with Crippen molar-refractivity contribution in [1.82, 2.24) is 4.72 Å². The van der Waals surface area contributed by atoms with Crippen LogP contribution in [0, 0.1) is 5.41 Å². The van der Waals surface area contributed by atoms with Crippen LogP contribution < -0.4 is 4.72 Å². The molecule has 0 fully saturated rings. The van der Waals surface area contributed by atoms with Gasteiger partial charge >= 0.3 is 0 Å². The van der Waals surface area contributed by atoms with Crippen LogP contribution in [0.4, 0.5) is 0 Å². The second-order valence-corrected chi connectivity index (χ2v) is 3.80. The van der Waals surface area contributed by atoms with Crippen LogP contribution in [0.5, 0.6) is 11.5 Å². The standard InChI is InChI=1S/C9H9ClN2O3S/c1-16-12-9(15)7(11)4-2-3-5(13)8(14)6(4)10/h2-3,11,13-14H,1H3,(H,12,15). The van der Waals surface area contributed by atoms with E-state index in [0.717, 1.165) is 18.0 Å². The molecule has 86 valence electrons. The predicted octanol–water partition coefficient (Wildman–Crippen LogP) is 1.51. The van der Waals surface area contributed by atoms with Crippen molar-refractivity contribution >= 4 is 35.2 Å².